The van der Waals surface area contributed by atoms with Gasteiger partial charge in [0.05, 0.1) is 29.9 Å². The van der Waals surface area contributed by atoms with E-state index in [1.165, 1.54) is 0 Å². The highest BCUT2D eigenvalue weighted by Crippen LogP contribution is 2.49. The Balaban J connectivity index is 1.24. The summed E-state index contributed by atoms with van der Waals surface area (Å²) < 4.78 is 2.00. The summed E-state index contributed by atoms with van der Waals surface area (Å²) in [4.78, 5) is 28.8. The Morgan fingerprint density at radius 3 is 2.72 bits per heavy atom. The number of likely N-dealkylation sites (tertiary alicyclic amines) is 2. The van der Waals surface area contributed by atoms with E-state index in [4.69, 9.17) is 5.10 Å². The van der Waals surface area contributed by atoms with Crippen molar-refractivity contribution in [1.82, 2.24) is 34.5 Å². The Kier molecular flexibility index (Phi) is 4.42. The maximum Gasteiger partial charge on any atom is 0.320 e. The van der Waals surface area contributed by atoms with Gasteiger partial charge in [-0.15, -0.1) is 0 Å². The fourth-order valence-electron chi connectivity index (χ4n) is 6.09. The van der Waals surface area contributed by atoms with Crippen LogP contribution in [0.4, 0.5) is 4.79 Å². The number of nitriles is 1. The molecule has 3 aromatic heterocycles. The molecule has 2 aliphatic heterocycles. The van der Waals surface area contributed by atoms with E-state index in [2.05, 4.69) is 21.0 Å². The summed E-state index contributed by atoms with van der Waals surface area (Å²) in [6.07, 6.45) is 11.7. The first kappa shape index (κ1) is 19.3. The number of nitrogens with zero attached hydrogens (tertiary/aromatic N) is 7. The fraction of sp³-hybridized carbons (Fsp3) is 0.522. The van der Waals surface area contributed by atoms with Gasteiger partial charge >= 0.3 is 6.03 Å². The van der Waals surface area contributed by atoms with Gasteiger partial charge in [-0.25, -0.2) is 14.8 Å². The van der Waals surface area contributed by atoms with E-state index in [1.807, 2.05) is 39.1 Å². The molecule has 0 spiro atoms. The zero-order chi connectivity index (χ0) is 21.7. The number of amides is 2. The summed E-state index contributed by atoms with van der Waals surface area (Å²) in [6.45, 7) is 3.35. The summed E-state index contributed by atoms with van der Waals surface area (Å²) in [6, 6.07) is 4.58. The van der Waals surface area contributed by atoms with E-state index >= 15 is 0 Å². The maximum absolute atomic E-state index is 12.8. The molecular weight excluding hydrogens is 404 g/mol. The Morgan fingerprint density at radius 1 is 1.19 bits per heavy atom. The number of carbonyl (C=O) groups excluding carboxylic acids is 1. The molecule has 3 atom stereocenters. The van der Waals surface area contributed by atoms with Crippen molar-refractivity contribution in [3.8, 4) is 17.3 Å². The summed E-state index contributed by atoms with van der Waals surface area (Å²) >= 11 is 0. The van der Waals surface area contributed by atoms with Gasteiger partial charge in [-0.3, -0.25) is 4.68 Å². The third-order valence-corrected chi connectivity index (χ3v) is 7.61. The first-order valence-electron chi connectivity index (χ1n) is 11.4. The number of carbonyl (C=O) groups is 1. The minimum atomic E-state index is -0.324. The molecular formula is C23H26N8O. The molecule has 1 aliphatic carbocycles. The summed E-state index contributed by atoms with van der Waals surface area (Å²) in [5, 5.41) is 15.3. The van der Waals surface area contributed by atoms with Crippen molar-refractivity contribution in [2.75, 3.05) is 26.2 Å². The summed E-state index contributed by atoms with van der Waals surface area (Å²) in [5.74, 6) is 0.830. The van der Waals surface area contributed by atoms with E-state index < -0.39 is 0 Å². The molecule has 2 amide bonds. The monoisotopic (exact) mass is 430 g/mol. The number of nitrogens with one attached hydrogen (secondary N) is 1. The molecule has 3 fully saturated rings. The van der Waals surface area contributed by atoms with Crippen molar-refractivity contribution in [2.24, 2.45) is 11.8 Å². The fourth-order valence-corrected chi connectivity index (χ4v) is 6.09. The van der Waals surface area contributed by atoms with Crippen LogP contribution in [0, 0.1) is 23.2 Å². The van der Waals surface area contributed by atoms with E-state index in [0.29, 0.717) is 18.3 Å². The van der Waals surface area contributed by atoms with E-state index in [0.717, 1.165) is 74.2 Å². The van der Waals surface area contributed by atoms with Gasteiger partial charge in [0.25, 0.3) is 0 Å². The van der Waals surface area contributed by atoms with Gasteiger partial charge in [0.1, 0.15) is 12.0 Å². The second-order valence-corrected chi connectivity index (χ2v) is 9.51. The number of hydrogen-bond acceptors (Lipinski definition) is 5. The van der Waals surface area contributed by atoms with Crippen molar-refractivity contribution in [2.45, 2.75) is 37.6 Å². The quantitative estimate of drug-likeness (QED) is 0.687. The molecule has 1 saturated carbocycles. The second-order valence-electron chi connectivity index (χ2n) is 9.51. The van der Waals surface area contributed by atoms with Crippen LogP contribution in [-0.4, -0.2) is 66.7 Å². The minimum Gasteiger partial charge on any atom is -0.346 e. The first-order valence-corrected chi connectivity index (χ1v) is 11.4. The van der Waals surface area contributed by atoms with Crippen molar-refractivity contribution in [3.63, 3.8) is 0 Å². The Labute approximate surface area is 186 Å². The van der Waals surface area contributed by atoms with Crippen LogP contribution in [0.25, 0.3) is 22.3 Å². The Morgan fingerprint density at radius 2 is 1.97 bits per heavy atom. The molecule has 2 saturated heterocycles. The van der Waals surface area contributed by atoms with Crippen LogP contribution in [-0.2, 0) is 5.54 Å². The molecule has 1 N–H and O–H groups in total. The average Bonchev–Trinajstić information content (AvgIpc) is 3.60. The first-order chi connectivity index (χ1) is 15.7. The molecule has 0 bridgehead atoms. The predicted molar refractivity (Wildman–Crippen MR) is 117 cm³/mol. The van der Waals surface area contributed by atoms with Gasteiger partial charge in [-0.1, -0.05) is 0 Å². The van der Waals surface area contributed by atoms with E-state index in [9.17, 15) is 10.1 Å². The van der Waals surface area contributed by atoms with Crippen LogP contribution in [0.15, 0.2) is 31.0 Å². The van der Waals surface area contributed by atoms with Gasteiger partial charge in [0.2, 0.25) is 0 Å². The molecule has 3 aromatic rings. The van der Waals surface area contributed by atoms with Crippen LogP contribution < -0.4 is 0 Å². The largest absolute Gasteiger partial charge is 0.346 e. The third kappa shape index (κ3) is 2.97. The van der Waals surface area contributed by atoms with Gasteiger partial charge in [0.15, 0.2) is 0 Å². The van der Waals surface area contributed by atoms with Crippen molar-refractivity contribution >= 4 is 17.1 Å². The third-order valence-electron chi connectivity index (χ3n) is 7.61. The van der Waals surface area contributed by atoms with E-state index in [-0.39, 0.29) is 11.6 Å². The summed E-state index contributed by atoms with van der Waals surface area (Å²) in [5.41, 5.74) is 2.25. The Hall–Kier alpha value is -3.41. The molecule has 0 unspecified atom stereocenters. The van der Waals surface area contributed by atoms with E-state index in [1.54, 1.807) is 6.33 Å². The Bertz CT molecular complexity index is 1190. The second kappa shape index (κ2) is 7.33. The molecule has 6 rings (SSSR count). The lowest BCUT2D eigenvalue weighted by molar-refractivity contribution is 0.162. The SMILES string of the molecule is N#CC[C@@]1(n2cc(-c3ncnc4[nH]ccc34)cn2)C[C@H]2CN(C(=O)N3CCCC3)C[C@H]2C1. The molecule has 5 heterocycles. The van der Waals surface area contributed by atoms with Crippen LogP contribution in [0.5, 0.6) is 0 Å². The highest BCUT2D eigenvalue weighted by molar-refractivity contribution is 5.90. The number of aromatic amines is 1. The minimum absolute atomic E-state index is 0.198. The van der Waals surface area contributed by atoms with Crippen molar-refractivity contribution < 1.29 is 4.79 Å². The normalized spacial score (nSPS) is 27.2. The number of hydrogen-bond donors (Lipinski definition) is 1. The molecule has 9 heteroatoms. The topological polar surface area (TPSA) is 107 Å². The van der Waals surface area contributed by atoms with Crippen LogP contribution >= 0.6 is 0 Å². The standard InChI is InChI=1S/C23H26N8O/c24-5-4-23(9-16-12-30(13-17(16)10-23)22(32)29-7-1-2-8-29)31-14-18(11-28-31)20-19-3-6-25-21(19)27-15-26-20/h3,6,11,14-17H,1-2,4,7-10,12-13H2,(H,25,26,27)/t16-,17+,23+. The van der Waals surface area contributed by atoms with Gasteiger partial charge in [0, 0.05) is 49.5 Å². The van der Waals surface area contributed by atoms with Crippen LogP contribution in [0.3, 0.4) is 0 Å². The number of fused-ring (bicyclic) bond motifs is 2. The number of aromatic nitrogens is 5. The molecule has 164 valence electrons. The molecule has 32 heavy (non-hydrogen) atoms. The smallest absolute Gasteiger partial charge is 0.320 e. The molecule has 0 radical (unpaired) electrons. The highest BCUT2D eigenvalue weighted by Gasteiger charge is 2.51. The van der Waals surface area contributed by atoms with Crippen molar-refractivity contribution in [1.29, 1.82) is 5.26 Å². The number of rotatable bonds is 3. The zero-order valence-corrected chi connectivity index (χ0v) is 17.9. The molecule has 0 aromatic carbocycles. The molecule has 3 aliphatic rings. The molecule has 9 nitrogen and oxygen atoms in total. The van der Waals surface area contributed by atoms with Crippen LogP contribution in [0.2, 0.25) is 0 Å². The van der Waals surface area contributed by atoms with Crippen LogP contribution in [0.1, 0.15) is 32.1 Å². The number of urea groups is 1. The predicted octanol–water partition coefficient (Wildman–Crippen LogP) is 2.99. The van der Waals surface area contributed by atoms with Gasteiger partial charge < -0.3 is 14.8 Å². The summed E-state index contributed by atoms with van der Waals surface area (Å²) in [7, 11) is 0. The lowest BCUT2D eigenvalue weighted by atomic mass is 9.92. The lowest BCUT2D eigenvalue weighted by Crippen LogP contribution is -2.42. The highest BCUT2D eigenvalue weighted by atomic mass is 16.2. The zero-order valence-electron chi connectivity index (χ0n) is 17.9. The van der Waals surface area contributed by atoms with Gasteiger partial charge in [-0.2, -0.15) is 10.4 Å². The average molecular weight is 431 g/mol. The van der Waals surface area contributed by atoms with Gasteiger partial charge in [-0.05, 0) is 43.6 Å². The lowest BCUT2D eigenvalue weighted by Gasteiger charge is -2.30. The maximum atomic E-state index is 12.8. The van der Waals surface area contributed by atoms with Crippen molar-refractivity contribution in [3.05, 3.63) is 31.0 Å². The number of H-pyrrole nitrogens is 1.